The number of amides is 1. The van der Waals surface area contributed by atoms with Crippen molar-refractivity contribution in [2.45, 2.75) is 19.4 Å². The minimum Gasteiger partial charge on any atom is -0.507 e. The molecule has 2 aromatic carbocycles. The van der Waals surface area contributed by atoms with Crippen LogP contribution in [0.3, 0.4) is 0 Å². The molecule has 4 nitrogen and oxygen atoms in total. The van der Waals surface area contributed by atoms with Crippen molar-refractivity contribution in [2.75, 3.05) is 6.54 Å². The predicted molar refractivity (Wildman–Crippen MR) is 115 cm³/mol. The molecule has 1 aliphatic heterocycles. The monoisotopic (exact) mass is 403 g/mol. The topological polar surface area (TPSA) is 57.6 Å². The van der Waals surface area contributed by atoms with Gasteiger partial charge in [-0.25, -0.2) is 0 Å². The maximum Gasteiger partial charge on any atom is 0.295 e. The second-order valence-corrected chi connectivity index (χ2v) is 8.09. The van der Waals surface area contributed by atoms with Crippen molar-refractivity contribution in [3.8, 4) is 0 Å². The lowest BCUT2D eigenvalue weighted by molar-refractivity contribution is -0.139. The first-order valence-corrected chi connectivity index (χ1v) is 10.4. The lowest BCUT2D eigenvalue weighted by Crippen LogP contribution is -2.31. The van der Waals surface area contributed by atoms with Crippen LogP contribution >= 0.6 is 11.3 Å². The lowest BCUT2D eigenvalue weighted by atomic mass is 9.99. The van der Waals surface area contributed by atoms with Crippen LogP contribution in [0.2, 0.25) is 0 Å². The summed E-state index contributed by atoms with van der Waals surface area (Å²) >= 11 is 1.48. The van der Waals surface area contributed by atoms with E-state index in [1.165, 1.54) is 11.3 Å². The van der Waals surface area contributed by atoms with Crippen molar-refractivity contribution in [3.63, 3.8) is 0 Å². The van der Waals surface area contributed by atoms with E-state index in [0.29, 0.717) is 18.5 Å². The highest BCUT2D eigenvalue weighted by Gasteiger charge is 2.46. The molecule has 0 aliphatic carbocycles. The average Bonchev–Trinajstić information content (AvgIpc) is 3.35. The van der Waals surface area contributed by atoms with Crippen molar-refractivity contribution >= 4 is 28.8 Å². The number of benzene rings is 2. The van der Waals surface area contributed by atoms with Gasteiger partial charge in [0.1, 0.15) is 5.76 Å². The fraction of sp³-hybridized carbons (Fsp3) is 0.167. The van der Waals surface area contributed by atoms with Gasteiger partial charge in [0, 0.05) is 17.0 Å². The Labute approximate surface area is 173 Å². The summed E-state index contributed by atoms with van der Waals surface area (Å²) in [5, 5.41) is 12.9. The van der Waals surface area contributed by atoms with Crippen molar-refractivity contribution in [1.29, 1.82) is 0 Å². The number of hydrogen-bond acceptors (Lipinski definition) is 4. The molecule has 5 heteroatoms. The Balaban J connectivity index is 1.74. The molecule has 146 valence electrons. The molecule has 0 saturated carbocycles. The number of ketones is 1. The molecule has 1 aromatic heterocycles. The summed E-state index contributed by atoms with van der Waals surface area (Å²) in [7, 11) is 0. The zero-order chi connectivity index (χ0) is 20.4. The van der Waals surface area contributed by atoms with Crippen molar-refractivity contribution in [2.24, 2.45) is 0 Å². The Bertz CT molecular complexity index is 1050. The van der Waals surface area contributed by atoms with E-state index in [9.17, 15) is 14.7 Å². The van der Waals surface area contributed by atoms with Gasteiger partial charge in [-0.15, -0.1) is 11.3 Å². The fourth-order valence-electron chi connectivity index (χ4n) is 3.61. The van der Waals surface area contributed by atoms with Crippen LogP contribution in [0.5, 0.6) is 0 Å². The van der Waals surface area contributed by atoms with Gasteiger partial charge in [-0.3, -0.25) is 9.59 Å². The van der Waals surface area contributed by atoms with E-state index in [1.54, 1.807) is 17.0 Å². The Hall–Kier alpha value is -3.18. The maximum absolute atomic E-state index is 12.9. The number of carbonyl (C=O) groups is 2. The number of hydrogen-bond donors (Lipinski definition) is 1. The fourth-order valence-corrected chi connectivity index (χ4v) is 4.46. The van der Waals surface area contributed by atoms with E-state index in [0.717, 1.165) is 16.0 Å². The van der Waals surface area contributed by atoms with Crippen LogP contribution in [0.4, 0.5) is 0 Å². The second-order valence-electron chi connectivity index (χ2n) is 7.11. The van der Waals surface area contributed by atoms with Gasteiger partial charge < -0.3 is 10.0 Å². The normalized spacial score (nSPS) is 18.4. The third kappa shape index (κ3) is 3.74. The van der Waals surface area contributed by atoms with Gasteiger partial charge in [-0.2, -0.15) is 0 Å². The first-order valence-electron chi connectivity index (χ1n) is 9.49. The van der Waals surface area contributed by atoms with Gasteiger partial charge >= 0.3 is 0 Å². The number of nitrogens with zero attached hydrogens (tertiary/aromatic N) is 1. The molecule has 1 atom stereocenters. The summed E-state index contributed by atoms with van der Waals surface area (Å²) in [4.78, 5) is 28.2. The average molecular weight is 404 g/mol. The molecule has 0 bridgehead atoms. The largest absolute Gasteiger partial charge is 0.507 e. The molecular formula is C24H21NO3S. The van der Waals surface area contributed by atoms with Crippen LogP contribution < -0.4 is 0 Å². The SMILES string of the molecule is Cc1ccc(C(O)=C2C(=O)C(=O)N(CCc3ccccc3)C2c2cccs2)cc1. The smallest absolute Gasteiger partial charge is 0.295 e. The van der Waals surface area contributed by atoms with Crippen LogP contribution in [-0.2, 0) is 16.0 Å². The van der Waals surface area contributed by atoms with Crippen molar-refractivity contribution in [3.05, 3.63) is 99.3 Å². The molecule has 1 N–H and O–H groups in total. The molecule has 1 unspecified atom stereocenters. The Kier molecular flexibility index (Phi) is 5.32. The number of rotatable bonds is 5. The van der Waals surface area contributed by atoms with Crippen LogP contribution in [0.25, 0.3) is 5.76 Å². The number of carbonyl (C=O) groups excluding carboxylic acids is 2. The van der Waals surface area contributed by atoms with Crippen LogP contribution in [0.1, 0.15) is 27.6 Å². The first kappa shape index (κ1) is 19.2. The molecule has 2 heterocycles. The van der Waals surface area contributed by atoms with Crippen LogP contribution in [0, 0.1) is 6.92 Å². The molecule has 1 amide bonds. The summed E-state index contributed by atoms with van der Waals surface area (Å²) in [5.74, 6) is -1.31. The summed E-state index contributed by atoms with van der Waals surface area (Å²) in [6.45, 7) is 2.36. The third-order valence-corrected chi connectivity index (χ3v) is 6.09. The summed E-state index contributed by atoms with van der Waals surface area (Å²) in [5.41, 5.74) is 2.85. The Morgan fingerprint density at radius 2 is 1.72 bits per heavy atom. The Morgan fingerprint density at radius 3 is 2.38 bits per heavy atom. The highest BCUT2D eigenvalue weighted by molar-refractivity contribution is 7.10. The summed E-state index contributed by atoms with van der Waals surface area (Å²) < 4.78 is 0. The standard InChI is InChI=1S/C24H21NO3S/c1-16-9-11-18(12-10-16)22(26)20-21(19-8-5-15-29-19)25(24(28)23(20)27)14-13-17-6-3-2-4-7-17/h2-12,15,21,26H,13-14H2,1H3. The molecule has 3 aromatic rings. The summed E-state index contributed by atoms with van der Waals surface area (Å²) in [6.07, 6.45) is 0.639. The van der Waals surface area contributed by atoms with Gasteiger partial charge in [0.05, 0.1) is 11.6 Å². The third-order valence-electron chi connectivity index (χ3n) is 5.16. The molecule has 1 fully saturated rings. The van der Waals surface area contributed by atoms with Crippen molar-refractivity contribution < 1.29 is 14.7 Å². The molecule has 29 heavy (non-hydrogen) atoms. The number of aliphatic hydroxyl groups excluding tert-OH is 1. The van der Waals surface area contributed by atoms with Crippen LogP contribution in [0.15, 0.2) is 77.7 Å². The lowest BCUT2D eigenvalue weighted by Gasteiger charge is -2.24. The highest BCUT2D eigenvalue weighted by Crippen LogP contribution is 2.41. The zero-order valence-corrected chi connectivity index (χ0v) is 16.9. The van der Waals surface area contributed by atoms with Gasteiger partial charge in [0.15, 0.2) is 0 Å². The second kappa shape index (κ2) is 8.05. The van der Waals surface area contributed by atoms with E-state index in [-0.39, 0.29) is 11.3 Å². The zero-order valence-electron chi connectivity index (χ0n) is 16.0. The van der Waals surface area contributed by atoms with E-state index < -0.39 is 17.7 Å². The van der Waals surface area contributed by atoms with Gasteiger partial charge in [0.25, 0.3) is 11.7 Å². The van der Waals surface area contributed by atoms with Crippen molar-refractivity contribution in [1.82, 2.24) is 4.90 Å². The summed E-state index contributed by atoms with van der Waals surface area (Å²) in [6, 6.07) is 20.4. The quantitative estimate of drug-likeness (QED) is 0.381. The number of Topliss-reactive ketones (excluding diaryl/α,β-unsaturated/α-hetero) is 1. The molecule has 1 saturated heterocycles. The minimum atomic E-state index is -0.630. The van der Waals surface area contributed by atoms with E-state index >= 15 is 0 Å². The molecule has 0 radical (unpaired) electrons. The molecule has 4 rings (SSSR count). The number of aliphatic hydroxyl groups is 1. The number of aryl methyl sites for hydroxylation is 1. The maximum atomic E-state index is 12.9. The van der Waals surface area contributed by atoms with Gasteiger partial charge in [-0.05, 0) is 30.4 Å². The first-order chi connectivity index (χ1) is 14.1. The highest BCUT2D eigenvalue weighted by atomic mass is 32.1. The molecular weight excluding hydrogens is 382 g/mol. The van der Waals surface area contributed by atoms with Crippen LogP contribution in [-0.4, -0.2) is 28.2 Å². The number of thiophene rings is 1. The van der Waals surface area contributed by atoms with E-state index in [1.807, 2.05) is 66.9 Å². The van der Waals surface area contributed by atoms with E-state index in [2.05, 4.69) is 0 Å². The Morgan fingerprint density at radius 1 is 1.00 bits per heavy atom. The van der Waals surface area contributed by atoms with E-state index in [4.69, 9.17) is 0 Å². The number of likely N-dealkylation sites (tertiary alicyclic amines) is 1. The molecule has 0 spiro atoms. The molecule has 1 aliphatic rings. The van der Waals surface area contributed by atoms with Gasteiger partial charge in [-0.1, -0.05) is 66.2 Å². The minimum absolute atomic E-state index is 0.121. The predicted octanol–water partition coefficient (Wildman–Crippen LogP) is 4.72. The van der Waals surface area contributed by atoms with Gasteiger partial charge in [0.2, 0.25) is 0 Å².